The molecule has 0 aliphatic carbocycles. The van der Waals surface area contributed by atoms with Crippen molar-refractivity contribution in [2.45, 2.75) is 33.9 Å². The normalized spacial score (nSPS) is 10.6. The van der Waals surface area contributed by atoms with Gasteiger partial charge in [-0.15, -0.1) is 0 Å². The lowest BCUT2D eigenvalue weighted by Gasteiger charge is -2.04. The van der Waals surface area contributed by atoms with E-state index in [1.165, 1.54) is 0 Å². The molecular formula is C12H17N5O. The Morgan fingerprint density at radius 2 is 2.11 bits per heavy atom. The lowest BCUT2D eigenvalue weighted by atomic mass is 10.3. The van der Waals surface area contributed by atoms with Gasteiger partial charge in [-0.2, -0.15) is 10.2 Å². The van der Waals surface area contributed by atoms with E-state index in [9.17, 15) is 4.79 Å². The van der Waals surface area contributed by atoms with Crippen molar-refractivity contribution in [1.29, 1.82) is 0 Å². The highest BCUT2D eigenvalue weighted by Crippen LogP contribution is 2.08. The molecule has 0 aliphatic rings. The van der Waals surface area contributed by atoms with Crippen LogP contribution in [0.5, 0.6) is 0 Å². The van der Waals surface area contributed by atoms with Gasteiger partial charge in [-0.05, 0) is 26.8 Å². The zero-order valence-corrected chi connectivity index (χ0v) is 10.8. The van der Waals surface area contributed by atoms with E-state index in [2.05, 4.69) is 15.5 Å². The highest BCUT2D eigenvalue weighted by atomic mass is 16.2. The molecule has 0 fully saturated rings. The molecule has 0 saturated carbocycles. The van der Waals surface area contributed by atoms with Crippen LogP contribution in [0.4, 0.5) is 5.82 Å². The average Bonchev–Trinajstić information content (AvgIpc) is 2.95. The van der Waals surface area contributed by atoms with Gasteiger partial charge in [0.1, 0.15) is 5.69 Å². The number of aryl methyl sites for hydroxylation is 3. The molecule has 1 amide bonds. The third-order valence-electron chi connectivity index (χ3n) is 2.64. The Hall–Kier alpha value is -2.11. The largest absolute Gasteiger partial charge is 0.304 e. The number of rotatable bonds is 4. The first kappa shape index (κ1) is 12.3. The molecule has 2 aromatic rings. The lowest BCUT2D eigenvalue weighted by molar-refractivity contribution is 0.101. The van der Waals surface area contributed by atoms with Crippen molar-refractivity contribution in [2.24, 2.45) is 0 Å². The molecule has 6 heteroatoms. The summed E-state index contributed by atoms with van der Waals surface area (Å²) in [6.45, 7) is 7.26. The summed E-state index contributed by atoms with van der Waals surface area (Å²) >= 11 is 0. The molecule has 0 radical (unpaired) electrons. The molecule has 96 valence electrons. The summed E-state index contributed by atoms with van der Waals surface area (Å²) in [6, 6.07) is 3.55. The van der Waals surface area contributed by atoms with Crippen LogP contribution < -0.4 is 5.32 Å². The van der Waals surface area contributed by atoms with E-state index in [-0.39, 0.29) is 5.91 Å². The van der Waals surface area contributed by atoms with Gasteiger partial charge in [-0.3, -0.25) is 14.2 Å². The van der Waals surface area contributed by atoms with Crippen LogP contribution in [0.3, 0.4) is 0 Å². The third kappa shape index (κ3) is 2.42. The summed E-state index contributed by atoms with van der Waals surface area (Å²) < 4.78 is 3.44. The van der Waals surface area contributed by atoms with E-state index >= 15 is 0 Å². The van der Waals surface area contributed by atoms with Crippen molar-refractivity contribution in [2.75, 3.05) is 5.32 Å². The number of aromatic nitrogens is 4. The number of hydrogen-bond donors (Lipinski definition) is 1. The first-order chi connectivity index (χ1) is 8.63. The second-order valence-electron chi connectivity index (χ2n) is 4.00. The summed E-state index contributed by atoms with van der Waals surface area (Å²) in [7, 11) is 0. The van der Waals surface area contributed by atoms with Crippen LogP contribution in [0.1, 0.15) is 30.0 Å². The van der Waals surface area contributed by atoms with Crippen LogP contribution in [-0.4, -0.2) is 25.5 Å². The molecule has 2 rings (SSSR count). The Kier molecular flexibility index (Phi) is 3.45. The second-order valence-corrected chi connectivity index (χ2v) is 4.00. The van der Waals surface area contributed by atoms with Gasteiger partial charge in [-0.25, -0.2) is 0 Å². The van der Waals surface area contributed by atoms with Gasteiger partial charge >= 0.3 is 0 Å². The van der Waals surface area contributed by atoms with Gasteiger partial charge in [0, 0.05) is 25.4 Å². The molecule has 1 N–H and O–H groups in total. The summed E-state index contributed by atoms with van der Waals surface area (Å²) in [5, 5.41) is 11.2. The van der Waals surface area contributed by atoms with Crippen molar-refractivity contribution in [3.8, 4) is 0 Å². The predicted molar refractivity (Wildman–Crippen MR) is 68.5 cm³/mol. The Bertz CT molecular complexity index is 555. The number of carbonyl (C=O) groups excluding carboxylic acids is 1. The van der Waals surface area contributed by atoms with Crippen molar-refractivity contribution in [1.82, 2.24) is 19.6 Å². The van der Waals surface area contributed by atoms with Crippen LogP contribution in [0.25, 0.3) is 0 Å². The SMILES string of the molecule is CCn1ccc(NC(=O)c2cc(C)nn2CC)n1. The van der Waals surface area contributed by atoms with Crippen molar-refractivity contribution >= 4 is 11.7 Å². The number of carbonyl (C=O) groups is 1. The molecule has 0 bridgehead atoms. The first-order valence-electron chi connectivity index (χ1n) is 6.03. The maximum Gasteiger partial charge on any atom is 0.275 e. The zero-order valence-electron chi connectivity index (χ0n) is 10.8. The first-order valence-corrected chi connectivity index (χ1v) is 6.03. The topological polar surface area (TPSA) is 64.7 Å². The van der Waals surface area contributed by atoms with E-state index in [0.29, 0.717) is 18.1 Å². The van der Waals surface area contributed by atoms with E-state index in [1.54, 1.807) is 21.5 Å². The van der Waals surface area contributed by atoms with Gasteiger partial charge in [0.25, 0.3) is 5.91 Å². The van der Waals surface area contributed by atoms with Gasteiger partial charge < -0.3 is 5.32 Å². The lowest BCUT2D eigenvalue weighted by Crippen LogP contribution is -2.17. The minimum absolute atomic E-state index is 0.182. The maximum absolute atomic E-state index is 12.1. The van der Waals surface area contributed by atoms with E-state index < -0.39 is 0 Å². The summed E-state index contributed by atoms with van der Waals surface area (Å²) in [4.78, 5) is 12.1. The fourth-order valence-electron chi connectivity index (χ4n) is 1.75. The van der Waals surface area contributed by atoms with Crippen LogP contribution in [0.15, 0.2) is 18.3 Å². The Morgan fingerprint density at radius 3 is 2.72 bits per heavy atom. The van der Waals surface area contributed by atoms with Gasteiger partial charge in [0.15, 0.2) is 5.82 Å². The van der Waals surface area contributed by atoms with Crippen LogP contribution in [-0.2, 0) is 13.1 Å². The molecule has 2 heterocycles. The smallest absolute Gasteiger partial charge is 0.275 e. The minimum atomic E-state index is -0.182. The molecule has 18 heavy (non-hydrogen) atoms. The van der Waals surface area contributed by atoms with Gasteiger partial charge in [0.2, 0.25) is 0 Å². The fourth-order valence-corrected chi connectivity index (χ4v) is 1.75. The molecular weight excluding hydrogens is 230 g/mol. The Balaban J connectivity index is 2.16. The van der Waals surface area contributed by atoms with Crippen LogP contribution in [0.2, 0.25) is 0 Å². The third-order valence-corrected chi connectivity index (χ3v) is 2.64. The quantitative estimate of drug-likeness (QED) is 0.894. The molecule has 2 aromatic heterocycles. The Labute approximate surface area is 106 Å². The van der Waals surface area contributed by atoms with E-state index in [1.807, 2.05) is 27.0 Å². The molecule has 0 unspecified atom stereocenters. The van der Waals surface area contributed by atoms with Gasteiger partial charge in [-0.1, -0.05) is 0 Å². The fraction of sp³-hybridized carbons (Fsp3) is 0.417. The standard InChI is InChI=1S/C12H17N5O/c1-4-16-7-6-11(15-16)13-12(18)10-8-9(3)14-17(10)5-2/h6-8H,4-5H2,1-3H3,(H,13,15,18). The second kappa shape index (κ2) is 5.03. The molecule has 6 nitrogen and oxygen atoms in total. The summed E-state index contributed by atoms with van der Waals surface area (Å²) in [5.74, 6) is 0.377. The molecule has 0 spiro atoms. The van der Waals surface area contributed by atoms with Crippen molar-refractivity contribution in [3.63, 3.8) is 0 Å². The predicted octanol–water partition coefficient (Wildman–Crippen LogP) is 1.68. The minimum Gasteiger partial charge on any atom is -0.304 e. The van der Waals surface area contributed by atoms with Crippen molar-refractivity contribution in [3.05, 3.63) is 29.7 Å². The molecule has 0 atom stereocenters. The zero-order chi connectivity index (χ0) is 13.1. The number of nitrogens with one attached hydrogen (secondary N) is 1. The highest BCUT2D eigenvalue weighted by Gasteiger charge is 2.14. The molecule has 0 aromatic carbocycles. The maximum atomic E-state index is 12.1. The number of hydrogen-bond acceptors (Lipinski definition) is 3. The average molecular weight is 247 g/mol. The van der Waals surface area contributed by atoms with Crippen LogP contribution in [0, 0.1) is 6.92 Å². The van der Waals surface area contributed by atoms with E-state index in [0.717, 1.165) is 12.2 Å². The summed E-state index contributed by atoms with van der Waals surface area (Å²) in [5.41, 5.74) is 1.39. The van der Waals surface area contributed by atoms with Crippen LogP contribution >= 0.6 is 0 Å². The van der Waals surface area contributed by atoms with E-state index in [4.69, 9.17) is 0 Å². The molecule has 0 aliphatic heterocycles. The number of nitrogens with zero attached hydrogens (tertiary/aromatic N) is 4. The Morgan fingerprint density at radius 1 is 1.33 bits per heavy atom. The van der Waals surface area contributed by atoms with Crippen molar-refractivity contribution < 1.29 is 4.79 Å². The number of amides is 1. The van der Waals surface area contributed by atoms with Gasteiger partial charge in [0.05, 0.1) is 5.69 Å². The summed E-state index contributed by atoms with van der Waals surface area (Å²) in [6.07, 6.45) is 1.83. The number of anilines is 1. The molecule has 0 saturated heterocycles. The monoisotopic (exact) mass is 247 g/mol. The highest BCUT2D eigenvalue weighted by molar-refractivity contribution is 6.02.